The summed E-state index contributed by atoms with van der Waals surface area (Å²) in [5, 5.41) is 0. The minimum Gasteiger partial charge on any atom is -0.370 e. The molecule has 1 rings (SSSR count). The summed E-state index contributed by atoms with van der Waals surface area (Å²) < 4.78 is 13.9. The van der Waals surface area contributed by atoms with Crippen LogP contribution in [0.15, 0.2) is 35.2 Å². The molecule has 0 heterocycles. The highest BCUT2D eigenvalue weighted by molar-refractivity contribution is 7.83. The van der Waals surface area contributed by atoms with Gasteiger partial charge in [0.2, 0.25) is 11.8 Å². The van der Waals surface area contributed by atoms with Crippen LogP contribution in [0.3, 0.4) is 0 Å². The molecule has 0 saturated carbocycles. The Hall–Kier alpha value is -1.73. The van der Waals surface area contributed by atoms with Gasteiger partial charge in [-0.25, -0.2) is 4.21 Å². The fourth-order valence-corrected chi connectivity index (χ4v) is 1.94. The molecule has 2 amide bonds. The maximum atomic E-state index is 11.7. The van der Waals surface area contributed by atoms with Crippen LogP contribution in [0.2, 0.25) is 0 Å². The summed E-state index contributed by atoms with van der Waals surface area (Å²) in [5.74, 6) is -1.36. The van der Waals surface area contributed by atoms with Gasteiger partial charge in [0.15, 0.2) is 11.0 Å². The standard InChI is InChI=1S/C10H13N3O3S/c11-8(6-9(12)14)10(15)13-17(16)7-4-2-1-3-5-7/h1-5,8H,6,11H2,(H2,12,14)(H,13,15). The van der Waals surface area contributed by atoms with Crippen molar-refractivity contribution in [2.24, 2.45) is 11.5 Å². The molecule has 0 radical (unpaired) electrons. The van der Waals surface area contributed by atoms with E-state index in [1.54, 1.807) is 30.3 Å². The molecule has 6 nitrogen and oxygen atoms in total. The van der Waals surface area contributed by atoms with Crippen molar-refractivity contribution >= 4 is 22.8 Å². The molecule has 2 unspecified atom stereocenters. The minimum atomic E-state index is -1.68. The first-order chi connectivity index (χ1) is 8.00. The normalized spacial score (nSPS) is 13.7. The molecule has 1 aromatic rings. The Morgan fingerprint density at radius 3 is 2.41 bits per heavy atom. The first-order valence-corrected chi connectivity index (χ1v) is 5.97. The fraction of sp³-hybridized carbons (Fsp3) is 0.200. The lowest BCUT2D eigenvalue weighted by Gasteiger charge is -2.09. The van der Waals surface area contributed by atoms with Crippen LogP contribution in [0, 0.1) is 0 Å². The molecular formula is C10H13N3O3S. The van der Waals surface area contributed by atoms with Crippen LogP contribution >= 0.6 is 0 Å². The maximum Gasteiger partial charge on any atom is 0.249 e. The van der Waals surface area contributed by atoms with E-state index in [0.29, 0.717) is 4.90 Å². The molecule has 5 N–H and O–H groups in total. The average Bonchev–Trinajstić information content (AvgIpc) is 2.29. The third kappa shape index (κ3) is 4.33. The first kappa shape index (κ1) is 13.3. The van der Waals surface area contributed by atoms with Gasteiger partial charge in [-0.15, -0.1) is 0 Å². The van der Waals surface area contributed by atoms with Crippen molar-refractivity contribution in [1.82, 2.24) is 4.72 Å². The second kappa shape index (κ2) is 6.12. The molecule has 92 valence electrons. The lowest BCUT2D eigenvalue weighted by atomic mass is 10.2. The Kier molecular flexibility index (Phi) is 4.80. The van der Waals surface area contributed by atoms with Crippen LogP contribution < -0.4 is 16.2 Å². The van der Waals surface area contributed by atoms with E-state index in [1.807, 2.05) is 0 Å². The Labute approximate surface area is 101 Å². The predicted molar refractivity (Wildman–Crippen MR) is 62.8 cm³/mol. The quantitative estimate of drug-likeness (QED) is 0.627. The van der Waals surface area contributed by atoms with Crippen molar-refractivity contribution < 1.29 is 13.8 Å². The molecule has 2 atom stereocenters. The molecule has 0 fully saturated rings. The highest BCUT2D eigenvalue weighted by Crippen LogP contribution is 2.03. The molecule has 17 heavy (non-hydrogen) atoms. The lowest BCUT2D eigenvalue weighted by Crippen LogP contribution is -2.43. The summed E-state index contributed by atoms with van der Waals surface area (Å²) in [6, 6.07) is 7.29. The van der Waals surface area contributed by atoms with E-state index < -0.39 is 28.8 Å². The number of rotatable bonds is 5. The fourth-order valence-electron chi connectivity index (χ4n) is 1.08. The second-order valence-corrected chi connectivity index (χ2v) is 4.54. The van der Waals surface area contributed by atoms with Gasteiger partial charge in [0.25, 0.3) is 0 Å². The van der Waals surface area contributed by atoms with Crippen LogP contribution in [-0.4, -0.2) is 22.1 Å². The number of carbonyl (C=O) groups is 2. The lowest BCUT2D eigenvalue weighted by molar-refractivity contribution is -0.125. The molecule has 0 bridgehead atoms. The molecule has 0 aliphatic rings. The monoisotopic (exact) mass is 255 g/mol. The van der Waals surface area contributed by atoms with E-state index in [1.165, 1.54) is 0 Å². The van der Waals surface area contributed by atoms with Gasteiger partial charge in [-0.2, -0.15) is 0 Å². The van der Waals surface area contributed by atoms with Gasteiger partial charge in [-0.1, -0.05) is 18.2 Å². The van der Waals surface area contributed by atoms with Gasteiger partial charge in [-0.3, -0.25) is 14.3 Å². The Balaban J connectivity index is 2.58. The van der Waals surface area contributed by atoms with Crippen LogP contribution in [0.4, 0.5) is 0 Å². The predicted octanol–water partition coefficient (Wildman–Crippen LogP) is -0.972. The summed E-state index contributed by atoms with van der Waals surface area (Å²) >= 11 is 0. The van der Waals surface area contributed by atoms with Gasteiger partial charge in [0, 0.05) is 0 Å². The third-order valence-electron chi connectivity index (χ3n) is 1.91. The van der Waals surface area contributed by atoms with Crippen molar-refractivity contribution in [3.05, 3.63) is 30.3 Å². The molecular weight excluding hydrogens is 242 g/mol. The number of nitrogens with one attached hydrogen (secondary N) is 1. The van der Waals surface area contributed by atoms with E-state index in [2.05, 4.69) is 4.72 Å². The molecule has 0 aliphatic heterocycles. The summed E-state index contributed by atoms with van der Waals surface area (Å²) in [6.07, 6.45) is -0.280. The molecule has 0 aromatic heterocycles. The van der Waals surface area contributed by atoms with E-state index in [-0.39, 0.29) is 6.42 Å². The van der Waals surface area contributed by atoms with Crippen molar-refractivity contribution in [2.75, 3.05) is 0 Å². The zero-order valence-electron chi connectivity index (χ0n) is 8.96. The SMILES string of the molecule is NC(=O)CC(N)C(=O)NS(=O)c1ccccc1. The number of primary amides is 1. The summed E-state index contributed by atoms with van der Waals surface area (Å²) in [6.45, 7) is 0. The van der Waals surface area contributed by atoms with E-state index in [9.17, 15) is 13.8 Å². The summed E-state index contributed by atoms with van der Waals surface area (Å²) in [4.78, 5) is 22.4. The van der Waals surface area contributed by atoms with Gasteiger partial charge >= 0.3 is 0 Å². The highest BCUT2D eigenvalue weighted by atomic mass is 32.2. The minimum absolute atomic E-state index is 0.280. The number of carbonyl (C=O) groups excluding carboxylic acids is 2. The third-order valence-corrected chi connectivity index (χ3v) is 3.00. The highest BCUT2D eigenvalue weighted by Gasteiger charge is 2.18. The van der Waals surface area contributed by atoms with E-state index in [0.717, 1.165) is 0 Å². The van der Waals surface area contributed by atoms with Crippen molar-refractivity contribution in [2.45, 2.75) is 17.4 Å². The zero-order valence-corrected chi connectivity index (χ0v) is 9.78. The van der Waals surface area contributed by atoms with Gasteiger partial charge in [-0.05, 0) is 12.1 Å². The zero-order chi connectivity index (χ0) is 12.8. The number of amides is 2. The number of nitrogens with two attached hydrogens (primary N) is 2. The van der Waals surface area contributed by atoms with E-state index in [4.69, 9.17) is 11.5 Å². The number of hydrogen-bond acceptors (Lipinski definition) is 4. The Morgan fingerprint density at radius 2 is 1.88 bits per heavy atom. The van der Waals surface area contributed by atoms with Crippen LogP contribution in [-0.2, 0) is 20.6 Å². The van der Waals surface area contributed by atoms with Crippen molar-refractivity contribution in [3.63, 3.8) is 0 Å². The Bertz CT molecular complexity index is 436. The molecule has 0 aliphatic carbocycles. The van der Waals surface area contributed by atoms with Crippen molar-refractivity contribution in [1.29, 1.82) is 0 Å². The summed E-state index contributed by atoms with van der Waals surface area (Å²) in [5.41, 5.74) is 10.3. The largest absolute Gasteiger partial charge is 0.370 e. The van der Waals surface area contributed by atoms with Crippen LogP contribution in [0.25, 0.3) is 0 Å². The number of hydrogen-bond donors (Lipinski definition) is 3. The number of benzene rings is 1. The average molecular weight is 255 g/mol. The van der Waals surface area contributed by atoms with Gasteiger partial charge in [0.1, 0.15) is 0 Å². The van der Waals surface area contributed by atoms with Crippen LogP contribution in [0.1, 0.15) is 6.42 Å². The van der Waals surface area contributed by atoms with Crippen LogP contribution in [0.5, 0.6) is 0 Å². The molecule has 7 heteroatoms. The molecule has 0 spiro atoms. The Morgan fingerprint density at radius 1 is 1.29 bits per heavy atom. The van der Waals surface area contributed by atoms with Gasteiger partial charge in [0.05, 0.1) is 17.4 Å². The van der Waals surface area contributed by atoms with Gasteiger partial charge < -0.3 is 11.5 Å². The molecule has 1 aromatic carbocycles. The summed E-state index contributed by atoms with van der Waals surface area (Å²) in [7, 11) is -1.68. The van der Waals surface area contributed by atoms with Crippen molar-refractivity contribution in [3.8, 4) is 0 Å². The molecule has 0 saturated heterocycles. The van der Waals surface area contributed by atoms with E-state index >= 15 is 0 Å². The topological polar surface area (TPSA) is 115 Å². The first-order valence-electron chi connectivity index (χ1n) is 4.82. The maximum absolute atomic E-state index is 11.7. The second-order valence-electron chi connectivity index (χ2n) is 3.33. The smallest absolute Gasteiger partial charge is 0.249 e.